The fraction of sp³-hybridized carbons (Fsp3) is 0.324. The van der Waals surface area contributed by atoms with Gasteiger partial charge in [-0.25, -0.2) is 0 Å². The fourth-order valence-electron chi connectivity index (χ4n) is 7.38. The number of amides is 1. The Morgan fingerprint density at radius 1 is 1.02 bits per heavy atom. The second kappa shape index (κ2) is 11.6. The van der Waals surface area contributed by atoms with Crippen molar-refractivity contribution in [3.05, 3.63) is 82.4 Å². The number of carbonyl (C=O) groups excluding carboxylic acids is 3. The summed E-state index contributed by atoms with van der Waals surface area (Å²) in [5.41, 5.74) is 1.35. The second-order valence-electron chi connectivity index (χ2n) is 11.5. The number of nitrogens with zero attached hydrogens (tertiary/aromatic N) is 1. The first-order chi connectivity index (χ1) is 21.2. The van der Waals surface area contributed by atoms with Crippen LogP contribution in [-0.2, 0) is 19.9 Å². The van der Waals surface area contributed by atoms with E-state index in [2.05, 4.69) is 10.2 Å². The maximum atomic E-state index is 14.3. The maximum absolute atomic E-state index is 14.3. The van der Waals surface area contributed by atoms with Gasteiger partial charge in [-0.1, -0.05) is 36.2 Å². The zero-order chi connectivity index (χ0) is 31.2. The zero-order valence-electron chi connectivity index (χ0n) is 24.4. The molecule has 44 heavy (non-hydrogen) atoms. The molecule has 3 N–H and O–H groups in total. The first-order valence-corrected chi connectivity index (χ1v) is 14.9. The highest BCUT2D eigenvalue weighted by Gasteiger charge is 2.68. The van der Waals surface area contributed by atoms with Crippen molar-refractivity contribution in [3.8, 4) is 23.0 Å². The molecular weight excluding hydrogens is 584 g/mol. The quantitative estimate of drug-likeness (QED) is 0.226. The summed E-state index contributed by atoms with van der Waals surface area (Å²) < 4.78 is 10.6. The second-order valence-corrected chi connectivity index (χ2v) is 11.9. The van der Waals surface area contributed by atoms with Crippen LogP contribution in [0.25, 0.3) is 6.08 Å². The van der Waals surface area contributed by atoms with Crippen molar-refractivity contribution in [3.63, 3.8) is 0 Å². The van der Waals surface area contributed by atoms with Crippen molar-refractivity contribution in [2.75, 3.05) is 26.1 Å². The molecule has 6 rings (SSSR count). The van der Waals surface area contributed by atoms with Crippen LogP contribution in [0.1, 0.15) is 48.3 Å². The molecule has 1 amide bonds. The Bertz CT molecular complexity index is 1690. The molecule has 3 aliphatic rings. The molecule has 0 bridgehead atoms. The van der Waals surface area contributed by atoms with Gasteiger partial charge in [0.2, 0.25) is 5.91 Å². The number of Topliss-reactive ketones (excluding diaryl/α,β-unsaturated/α-hetero) is 1. The highest BCUT2D eigenvalue weighted by atomic mass is 35.5. The summed E-state index contributed by atoms with van der Waals surface area (Å²) in [5, 5.41) is 23.8. The molecule has 10 heteroatoms. The number of allylic oxidation sites excluding steroid dienone is 1. The lowest BCUT2D eigenvalue weighted by atomic mass is 9.69. The number of fused-ring (bicyclic) bond motifs is 4. The lowest BCUT2D eigenvalue weighted by Crippen LogP contribution is -2.53. The van der Waals surface area contributed by atoms with E-state index in [1.807, 2.05) is 0 Å². The zero-order valence-corrected chi connectivity index (χ0v) is 25.1. The van der Waals surface area contributed by atoms with Crippen molar-refractivity contribution in [2.24, 2.45) is 5.92 Å². The van der Waals surface area contributed by atoms with Gasteiger partial charge in [-0.15, -0.1) is 0 Å². The largest absolute Gasteiger partial charge is 0.504 e. The van der Waals surface area contributed by atoms with Crippen LogP contribution in [0.2, 0.25) is 5.02 Å². The van der Waals surface area contributed by atoms with Gasteiger partial charge in [0.05, 0.1) is 20.6 Å². The number of rotatable bonds is 8. The third kappa shape index (κ3) is 4.80. The van der Waals surface area contributed by atoms with Crippen molar-refractivity contribution >= 4 is 40.8 Å². The van der Waals surface area contributed by atoms with Crippen molar-refractivity contribution < 1.29 is 34.1 Å². The minimum Gasteiger partial charge on any atom is -0.504 e. The molecule has 0 aliphatic carbocycles. The van der Waals surface area contributed by atoms with Gasteiger partial charge in [0.25, 0.3) is 0 Å². The van der Waals surface area contributed by atoms with Gasteiger partial charge in [0.1, 0.15) is 11.3 Å². The number of benzene rings is 3. The Balaban J connectivity index is 1.43. The number of hydrogen-bond acceptors (Lipinski definition) is 8. The number of phenols is 2. The third-order valence-corrected chi connectivity index (χ3v) is 9.40. The first kappa shape index (κ1) is 29.7. The molecule has 0 radical (unpaired) electrons. The summed E-state index contributed by atoms with van der Waals surface area (Å²) in [6.45, 7) is 0.593. The van der Waals surface area contributed by atoms with Crippen molar-refractivity contribution in [1.29, 1.82) is 0 Å². The van der Waals surface area contributed by atoms with E-state index in [9.17, 15) is 24.6 Å². The maximum Gasteiger partial charge on any atom is 0.250 e. The van der Waals surface area contributed by atoms with E-state index in [0.29, 0.717) is 40.4 Å². The van der Waals surface area contributed by atoms with Gasteiger partial charge in [0, 0.05) is 34.2 Å². The van der Waals surface area contributed by atoms with Crippen LogP contribution in [0.4, 0.5) is 5.69 Å². The van der Waals surface area contributed by atoms with E-state index in [-0.39, 0.29) is 52.9 Å². The van der Waals surface area contributed by atoms with Crippen LogP contribution in [-0.4, -0.2) is 59.4 Å². The number of piperidine rings is 1. The number of ether oxygens (including phenoxy) is 2. The molecule has 1 spiro atoms. The van der Waals surface area contributed by atoms with Crippen molar-refractivity contribution in [1.82, 2.24) is 4.90 Å². The van der Waals surface area contributed by atoms with Crippen LogP contribution in [0.15, 0.2) is 60.7 Å². The molecule has 3 aromatic carbocycles. The topological polar surface area (TPSA) is 125 Å². The number of nitrogens with one attached hydrogen (secondary N) is 1. The van der Waals surface area contributed by atoms with Crippen LogP contribution in [0, 0.1) is 5.92 Å². The summed E-state index contributed by atoms with van der Waals surface area (Å²) in [6, 6.07) is 14.6. The number of phenolic OH excluding ortho intramolecular Hbond substituents is 2. The molecule has 3 heterocycles. The van der Waals surface area contributed by atoms with Gasteiger partial charge >= 0.3 is 0 Å². The number of methoxy groups -OCH3 is 2. The lowest BCUT2D eigenvalue weighted by Gasteiger charge is -2.41. The van der Waals surface area contributed by atoms with E-state index < -0.39 is 17.4 Å². The summed E-state index contributed by atoms with van der Waals surface area (Å²) in [6.07, 6.45) is 4.99. The van der Waals surface area contributed by atoms with Crippen LogP contribution in [0.3, 0.4) is 0 Å². The lowest BCUT2D eigenvalue weighted by molar-refractivity contribution is -0.129. The minimum absolute atomic E-state index is 0.0194. The van der Waals surface area contributed by atoms with Gasteiger partial charge in [-0.3, -0.25) is 19.3 Å². The summed E-state index contributed by atoms with van der Waals surface area (Å²) in [4.78, 5) is 43.9. The van der Waals surface area contributed by atoms with Gasteiger partial charge in [-0.05, 0) is 79.1 Å². The number of anilines is 1. The Morgan fingerprint density at radius 2 is 1.75 bits per heavy atom. The number of aromatic hydroxyl groups is 2. The molecule has 0 saturated carbocycles. The summed E-state index contributed by atoms with van der Waals surface area (Å²) >= 11 is 6.50. The summed E-state index contributed by atoms with van der Waals surface area (Å²) in [5.74, 6) is -1.88. The Hall–Kier alpha value is -4.34. The Kier molecular flexibility index (Phi) is 7.86. The first-order valence-electron chi connectivity index (χ1n) is 14.5. The molecule has 2 fully saturated rings. The Morgan fingerprint density at radius 3 is 2.50 bits per heavy atom. The summed E-state index contributed by atoms with van der Waals surface area (Å²) in [7, 11) is 2.88. The number of hydrogen-bond donors (Lipinski definition) is 3. The van der Waals surface area contributed by atoms with Crippen LogP contribution >= 0.6 is 11.6 Å². The SMILES string of the molecule is COc1cc(/C=C/C(=O)CC(=O)C2C3CCCCN3C3(C(=O)Nc4ccc(Cl)cc43)C2c2ccc(O)c(OC)c2)ccc1O. The van der Waals surface area contributed by atoms with E-state index in [0.717, 1.165) is 12.8 Å². The molecule has 4 unspecified atom stereocenters. The van der Waals surface area contributed by atoms with Crippen LogP contribution in [0.5, 0.6) is 23.0 Å². The monoisotopic (exact) mass is 616 g/mol. The molecule has 3 aliphatic heterocycles. The van der Waals surface area contributed by atoms with Gasteiger partial charge < -0.3 is 25.0 Å². The normalized spacial score (nSPS) is 24.2. The van der Waals surface area contributed by atoms with E-state index >= 15 is 0 Å². The predicted octanol–water partition coefficient (Wildman–Crippen LogP) is 5.43. The molecule has 3 aromatic rings. The average molecular weight is 617 g/mol. The average Bonchev–Trinajstić information content (AvgIpc) is 3.49. The van der Waals surface area contributed by atoms with Gasteiger partial charge in [0.15, 0.2) is 28.8 Å². The highest BCUT2D eigenvalue weighted by molar-refractivity contribution is 6.31. The third-order valence-electron chi connectivity index (χ3n) is 9.16. The molecular formula is C34H33ClN2O7. The molecule has 9 nitrogen and oxygen atoms in total. The number of ketones is 2. The fourth-order valence-corrected chi connectivity index (χ4v) is 7.55. The predicted molar refractivity (Wildman–Crippen MR) is 165 cm³/mol. The molecule has 0 aromatic heterocycles. The Labute approximate surface area is 260 Å². The van der Waals surface area contributed by atoms with E-state index in [1.54, 1.807) is 48.5 Å². The highest BCUT2D eigenvalue weighted by Crippen LogP contribution is 2.61. The minimum atomic E-state index is -1.25. The number of halogens is 1. The molecule has 2 saturated heterocycles. The smallest absolute Gasteiger partial charge is 0.250 e. The number of carbonyl (C=O) groups is 3. The van der Waals surface area contributed by atoms with Crippen molar-refractivity contribution in [2.45, 2.75) is 43.2 Å². The van der Waals surface area contributed by atoms with Gasteiger partial charge in [-0.2, -0.15) is 0 Å². The van der Waals surface area contributed by atoms with E-state index in [1.165, 1.54) is 32.4 Å². The molecule has 228 valence electrons. The van der Waals surface area contributed by atoms with Crippen LogP contribution < -0.4 is 14.8 Å². The van der Waals surface area contributed by atoms with E-state index in [4.69, 9.17) is 21.1 Å². The molecule has 4 atom stereocenters. The standard InChI is InChI=1S/C34H33ClN2O7/c1-43-29-15-19(7-12-26(29)39)6-10-22(38)18-28(41)31-25-5-3-4-14-37(25)34(23-17-21(35)9-11-24(23)36-33(34)42)32(31)20-8-13-27(40)30(16-20)44-2/h6-13,15-17,25,31-32,39-40H,3-5,14,18H2,1-2H3,(H,36,42)/b10-6+.